The van der Waals surface area contributed by atoms with E-state index in [0.29, 0.717) is 0 Å². The molecule has 0 saturated heterocycles. The third kappa shape index (κ3) is 3.32. The van der Waals surface area contributed by atoms with Crippen molar-refractivity contribution < 1.29 is 4.74 Å². The fourth-order valence-corrected chi connectivity index (χ4v) is 2.18. The number of aryl methyl sites for hydroxylation is 2. The van der Waals surface area contributed by atoms with Gasteiger partial charge in [-0.05, 0) is 32.4 Å². The minimum absolute atomic E-state index is 0.754. The Morgan fingerprint density at radius 3 is 2.75 bits per heavy atom. The standard InChI is InChI=1S/C16H23N3O/c1-5-9-20-15-8-6-7-14(10-15)17-11-16-12(2)18-19(4)13(16)3/h6-8,10,17H,5,9,11H2,1-4H3. The molecule has 1 aromatic heterocycles. The summed E-state index contributed by atoms with van der Waals surface area (Å²) in [6.45, 7) is 7.78. The highest BCUT2D eigenvalue weighted by Crippen LogP contribution is 2.19. The molecule has 1 heterocycles. The molecule has 4 heteroatoms. The van der Waals surface area contributed by atoms with Crippen LogP contribution in [0.25, 0.3) is 0 Å². The van der Waals surface area contributed by atoms with Gasteiger partial charge in [0.1, 0.15) is 5.75 Å². The van der Waals surface area contributed by atoms with Gasteiger partial charge >= 0.3 is 0 Å². The number of hydrogen-bond acceptors (Lipinski definition) is 3. The molecule has 0 aliphatic carbocycles. The van der Waals surface area contributed by atoms with Crippen LogP contribution in [0.4, 0.5) is 5.69 Å². The topological polar surface area (TPSA) is 39.1 Å². The van der Waals surface area contributed by atoms with E-state index in [9.17, 15) is 0 Å². The molecule has 0 unspecified atom stereocenters. The molecular weight excluding hydrogens is 250 g/mol. The fraction of sp³-hybridized carbons (Fsp3) is 0.438. The largest absolute Gasteiger partial charge is 0.494 e. The second-order valence-electron chi connectivity index (χ2n) is 5.00. The molecule has 0 amide bonds. The lowest BCUT2D eigenvalue weighted by molar-refractivity contribution is 0.317. The lowest BCUT2D eigenvalue weighted by Crippen LogP contribution is -2.03. The molecule has 1 aromatic carbocycles. The first-order valence-electron chi connectivity index (χ1n) is 7.07. The summed E-state index contributed by atoms with van der Waals surface area (Å²) in [6.07, 6.45) is 1.02. The van der Waals surface area contributed by atoms with Gasteiger partial charge < -0.3 is 10.1 Å². The second-order valence-corrected chi connectivity index (χ2v) is 5.00. The number of rotatable bonds is 6. The Kier molecular flexibility index (Phi) is 4.66. The zero-order chi connectivity index (χ0) is 14.5. The summed E-state index contributed by atoms with van der Waals surface area (Å²) in [5.74, 6) is 0.913. The number of ether oxygens (including phenoxy) is 1. The number of aromatic nitrogens is 2. The van der Waals surface area contributed by atoms with Gasteiger partial charge in [0.2, 0.25) is 0 Å². The van der Waals surface area contributed by atoms with E-state index in [1.165, 1.54) is 11.3 Å². The molecule has 0 spiro atoms. The van der Waals surface area contributed by atoms with Crippen LogP contribution >= 0.6 is 0 Å². The molecule has 0 bridgehead atoms. The third-order valence-corrected chi connectivity index (χ3v) is 3.44. The van der Waals surface area contributed by atoms with Crippen molar-refractivity contribution in [3.8, 4) is 5.75 Å². The van der Waals surface area contributed by atoms with Gasteiger partial charge in [-0.1, -0.05) is 13.0 Å². The zero-order valence-electron chi connectivity index (χ0n) is 12.7. The summed E-state index contributed by atoms with van der Waals surface area (Å²) in [5.41, 5.74) is 4.61. The third-order valence-electron chi connectivity index (χ3n) is 3.44. The van der Waals surface area contributed by atoms with Gasteiger partial charge in [0, 0.05) is 36.6 Å². The molecule has 0 aliphatic heterocycles. The fourth-order valence-electron chi connectivity index (χ4n) is 2.18. The van der Waals surface area contributed by atoms with E-state index in [-0.39, 0.29) is 0 Å². The van der Waals surface area contributed by atoms with Gasteiger partial charge in [-0.15, -0.1) is 0 Å². The maximum atomic E-state index is 5.64. The van der Waals surface area contributed by atoms with Crippen LogP contribution in [0.15, 0.2) is 24.3 Å². The first kappa shape index (κ1) is 14.4. The highest BCUT2D eigenvalue weighted by Gasteiger charge is 2.08. The average Bonchev–Trinajstić information content (AvgIpc) is 2.68. The van der Waals surface area contributed by atoms with E-state index in [2.05, 4.69) is 30.3 Å². The van der Waals surface area contributed by atoms with Crippen LogP contribution in [0.2, 0.25) is 0 Å². The van der Waals surface area contributed by atoms with Crippen molar-refractivity contribution in [1.29, 1.82) is 0 Å². The number of nitrogens with one attached hydrogen (secondary N) is 1. The summed E-state index contributed by atoms with van der Waals surface area (Å²) >= 11 is 0. The van der Waals surface area contributed by atoms with Gasteiger partial charge in [0.15, 0.2) is 0 Å². The molecule has 0 atom stereocenters. The second kappa shape index (κ2) is 6.46. The maximum absolute atomic E-state index is 5.64. The molecule has 0 aliphatic rings. The first-order valence-corrected chi connectivity index (χ1v) is 7.07. The van der Waals surface area contributed by atoms with Crippen molar-refractivity contribution in [2.24, 2.45) is 7.05 Å². The SMILES string of the molecule is CCCOc1cccc(NCc2c(C)nn(C)c2C)c1. The van der Waals surface area contributed by atoms with E-state index in [1.807, 2.05) is 36.9 Å². The van der Waals surface area contributed by atoms with Crippen LogP contribution in [0, 0.1) is 13.8 Å². The molecule has 0 fully saturated rings. The Labute approximate surface area is 120 Å². The summed E-state index contributed by atoms with van der Waals surface area (Å²) in [7, 11) is 1.98. The first-order chi connectivity index (χ1) is 9.61. The van der Waals surface area contributed by atoms with Crippen molar-refractivity contribution in [2.75, 3.05) is 11.9 Å². The zero-order valence-corrected chi connectivity index (χ0v) is 12.7. The summed E-state index contributed by atoms with van der Waals surface area (Å²) in [4.78, 5) is 0. The van der Waals surface area contributed by atoms with Crippen molar-refractivity contribution in [3.63, 3.8) is 0 Å². The van der Waals surface area contributed by atoms with Crippen molar-refractivity contribution in [2.45, 2.75) is 33.7 Å². The predicted molar refractivity (Wildman–Crippen MR) is 82.2 cm³/mol. The monoisotopic (exact) mass is 273 g/mol. The molecule has 1 N–H and O–H groups in total. The van der Waals surface area contributed by atoms with Crippen LogP contribution in [0.1, 0.15) is 30.3 Å². The smallest absolute Gasteiger partial charge is 0.121 e. The normalized spacial score (nSPS) is 10.6. The summed E-state index contributed by atoms with van der Waals surface area (Å²) in [6, 6.07) is 8.09. The molecule has 0 radical (unpaired) electrons. The van der Waals surface area contributed by atoms with Crippen LogP contribution in [-0.4, -0.2) is 16.4 Å². The molecule has 20 heavy (non-hydrogen) atoms. The van der Waals surface area contributed by atoms with Gasteiger partial charge in [0.25, 0.3) is 0 Å². The summed E-state index contributed by atoms with van der Waals surface area (Å²) in [5, 5.41) is 7.87. The summed E-state index contributed by atoms with van der Waals surface area (Å²) < 4.78 is 7.57. The Balaban J connectivity index is 2.03. The van der Waals surface area contributed by atoms with Crippen molar-refractivity contribution in [3.05, 3.63) is 41.2 Å². The molecular formula is C16H23N3O. The predicted octanol–water partition coefficient (Wildman–Crippen LogP) is 3.44. The molecule has 2 rings (SSSR count). The highest BCUT2D eigenvalue weighted by molar-refractivity contribution is 5.49. The van der Waals surface area contributed by atoms with E-state index in [1.54, 1.807) is 0 Å². The lowest BCUT2D eigenvalue weighted by Gasteiger charge is -2.10. The Morgan fingerprint density at radius 2 is 2.10 bits per heavy atom. The number of benzene rings is 1. The Bertz CT molecular complexity index is 575. The van der Waals surface area contributed by atoms with E-state index in [0.717, 1.165) is 36.7 Å². The number of hydrogen-bond donors (Lipinski definition) is 1. The van der Waals surface area contributed by atoms with Gasteiger partial charge in [0.05, 0.1) is 12.3 Å². The van der Waals surface area contributed by atoms with Crippen LogP contribution < -0.4 is 10.1 Å². The quantitative estimate of drug-likeness (QED) is 0.876. The van der Waals surface area contributed by atoms with Crippen LogP contribution in [0.3, 0.4) is 0 Å². The van der Waals surface area contributed by atoms with E-state index < -0.39 is 0 Å². The van der Waals surface area contributed by atoms with Gasteiger partial charge in [-0.25, -0.2) is 0 Å². The lowest BCUT2D eigenvalue weighted by atomic mass is 10.2. The minimum atomic E-state index is 0.754. The number of anilines is 1. The molecule has 108 valence electrons. The molecule has 0 saturated carbocycles. The van der Waals surface area contributed by atoms with Crippen LogP contribution in [0.5, 0.6) is 5.75 Å². The highest BCUT2D eigenvalue weighted by atomic mass is 16.5. The minimum Gasteiger partial charge on any atom is -0.494 e. The van der Waals surface area contributed by atoms with Gasteiger partial charge in [-0.3, -0.25) is 4.68 Å². The maximum Gasteiger partial charge on any atom is 0.121 e. The number of nitrogens with zero attached hydrogens (tertiary/aromatic N) is 2. The van der Waals surface area contributed by atoms with E-state index >= 15 is 0 Å². The van der Waals surface area contributed by atoms with Crippen molar-refractivity contribution >= 4 is 5.69 Å². The molecule has 4 nitrogen and oxygen atoms in total. The van der Waals surface area contributed by atoms with Crippen LogP contribution in [-0.2, 0) is 13.6 Å². The Morgan fingerprint density at radius 1 is 1.30 bits per heavy atom. The van der Waals surface area contributed by atoms with Gasteiger partial charge in [-0.2, -0.15) is 5.10 Å². The Hall–Kier alpha value is -1.97. The average molecular weight is 273 g/mol. The van der Waals surface area contributed by atoms with E-state index in [4.69, 9.17) is 4.74 Å². The van der Waals surface area contributed by atoms with Crippen molar-refractivity contribution in [1.82, 2.24) is 9.78 Å². The molecule has 2 aromatic rings.